The molecule has 7 aliphatic rings. The van der Waals surface area contributed by atoms with Crippen molar-refractivity contribution in [2.75, 3.05) is 57.5 Å². The Morgan fingerprint density at radius 3 is 2.61 bits per heavy atom. The van der Waals surface area contributed by atoms with Crippen molar-refractivity contribution in [3.63, 3.8) is 0 Å². The number of benzene rings is 3. The summed E-state index contributed by atoms with van der Waals surface area (Å²) in [4.78, 5) is 59.5. The number of anilines is 1. The van der Waals surface area contributed by atoms with Gasteiger partial charge in [-0.15, -0.1) is 0 Å². The predicted molar refractivity (Wildman–Crippen MR) is 276 cm³/mol. The molecule has 0 bridgehead atoms. The molecule has 5 saturated heterocycles. The van der Waals surface area contributed by atoms with Crippen molar-refractivity contribution in [2.24, 2.45) is 12.5 Å². The molecule has 13 rings (SSSR count). The van der Waals surface area contributed by atoms with E-state index in [4.69, 9.17) is 34.3 Å². The first-order chi connectivity index (χ1) is 36.4. The number of aromatic nitrogens is 5. The highest BCUT2D eigenvalue weighted by Gasteiger charge is 2.52. The largest absolute Gasteiger partial charge is 0.508 e. The van der Waals surface area contributed by atoms with Crippen LogP contribution in [0.2, 0.25) is 0 Å². The third-order valence-electron chi connectivity index (χ3n) is 18.2. The minimum absolute atomic E-state index is 0.00190. The maximum absolute atomic E-state index is 17.5. The number of hydrogen-bond acceptors (Lipinski definition) is 13. The van der Waals surface area contributed by atoms with Crippen molar-refractivity contribution in [3.8, 4) is 23.0 Å². The van der Waals surface area contributed by atoms with Gasteiger partial charge in [0.25, 0.3) is 0 Å². The van der Waals surface area contributed by atoms with Crippen LogP contribution in [0.4, 0.5) is 19.4 Å². The van der Waals surface area contributed by atoms with Crippen LogP contribution in [0, 0.1) is 17.0 Å². The summed E-state index contributed by atoms with van der Waals surface area (Å²) in [5.74, 6) is -1.14. The first-order valence-corrected chi connectivity index (χ1v) is 27.2. The highest BCUT2D eigenvalue weighted by Crippen LogP contribution is 2.50. The van der Waals surface area contributed by atoms with Crippen LogP contribution in [0.15, 0.2) is 42.5 Å². The molecule has 16 nitrogen and oxygen atoms in total. The summed E-state index contributed by atoms with van der Waals surface area (Å²) in [5, 5.41) is 20.7. The number of piperidine rings is 1. The Bertz CT molecular complexity index is 3320. The second-order valence-electron chi connectivity index (χ2n) is 22.6. The van der Waals surface area contributed by atoms with E-state index in [1.165, 1.54) is 17.7 Å². The smallest absolute Gasteiger partial charge is 0.409 e. The molecule has 6 fully saturated rings. The third kappa shape index (κ3) is 8.23. The summed E-state index contributed by atoms with van der Waals surface area (Å²) in [6, 6.07) is 12.6. The monoisotopic (exact) mass is 1020 g/mol. The van der Waals surface area contributed by atoms with Crippen molar-refractivity contribution in [1.29, 1.82) is 0 Å². The fourth-order valence-corrected chi connectivity index (χ4v) is 14.3. The number of fused-ring (bicyclic) bond motifs is 5. The minimum atomic E-state index is -0.683. The predicted octanol–water partition coefficient (Wildman–Crippen LogP) is 8.51. The first kappa shape index (κ1) is 48.1. The number of nitrogens with zero attached hydrogens (tertiary/aromatic N) is 8. The number of amides is 3. The molecule has 1 unspecified atom stereocenters. The number of aromatic hydroxyl groups is 1. The van der Waals surface area contributed by atoms with Crippen LogP contribution in [0.25, 0.3) is 43.8 Å². The number of carbonyl (C=O) groups excluding carboxylic acids is 3. The van der Waals surface area contributed by atoms with Crippen molar-refractivity contribution < 1.29 is 42.5 Å². The summed E-state index contributed by atoms with van der Waals surface area (Å²) >= 11 is 0. The number of phenolic OH excluding ortho intramolecular Hbond substituents is 1. The zero-order valence-corrected chi connectivity index (χ0v) is 42.6. The third-order valence-corrected chi connectivity index (χ3v) is 18.2. The molecule has 6 aliphatic heterocycles. The Kier molecular flexibility index (Phi) is 12.0. The number of likely N-dealkylation sites (tertiary alicyclic amines) is 1. The van der Waals surface area contributed by atoms with E-state index >= 15 is 8.78 Å². The molecule has 1 spiro atoms. The van der Waals surface area contributed by atoms with Crippen molar-refractivity contribution in [1.82, 2.24) is 39.8 Å². The van der Waals surface area contributed by atoms with Gasteiger partial charge in [0.15, 0.2) is 5.82 Å². The van der Waals surface area contributed by atoms with Crippen LogP contribution in [-0.4, -0.2) is 128 Å². The second-order valence-corrected chi connectivity index (χ2v) is 22.6. The molecule has 6 aromatic rings. The molecule has 3 amide bonds. The number of nitrogens with one attached hydrogen (secondary N) is 1. The molecule has 1 saturated carbocycles. The molecule has 1 aliphatic carbocycles. The van der Waals surface area contributed by atoms with E-state index in [2.05, 4.69) is 33.3 Å². The fraction of sp³-hybridized carbons (Fsp3) is 0.526. The Morgan fingerprint density at radius 2 is 1.79 bits per heavy atom. The quantitative estimate of drug-likeness (QED) is 0.132. The zero-order chi connectivity index (χ0) is 51.3. The van der Waals surface area contributed by atoms with Crippen LogP contribution in [0.3, 0.4) is 0 Å². The number of rotatable bonds is 9. The number of carbonyl (C=O) groups is 3. The lowest BCUT2D eigenvalue weighted by Gasteiger charge is -2.53. The lowest BCUT2D eigenvalue weighted by Crippen LogP contribution is -2.59. The Balaban J connectivity index is 0.680. The molecule has 0 radical (unpaired) electrons. The van der Waals surface area contributed by atoms with E-state index in [1.807, 2.05) is 23.6 Å². The number of pyridine rings is 1. The van der Waals surface area contributed by atoms with Gasteiger partial charge in [0.05, 0.1) is 46.4 Å². The SMILES string of the molecule is CCc1c(F)ccc2cc(O)cc(-c3nc4c5c(nc(OC[C@@]67CCCN6[C@H](COC(=O)N6CC8(CCC(c9ccc%10c(C%11CCC(=O)NC%11=O)nn(C)c%10c9)CC8)C6)CC7)nc5c3F)N3CCCOC[C@@H]3CC4)c12. The maximum atomic E-state index is 17.5. The summed E-state index contributed by atoms with van der Waals surface area (Å²) < 4.78 is 53.5. The number of hydrogen-bond donors (Lipinski definition) is 2. The summed E-state index contributed by atoms with van der Waals surface area (Å²) in [6.07, 6.45) is 10.5. The van der Waals surface area contributed by atoms with Gasteiger partial charge in [-0.05, 0) is 142 Å². The van der Waals surface area contributed by atoms with Gasteiger partial charge in [0, 0.05) is 62.1 Å². The maximum Gasteiger partial charge on any atom is 0.409 e. The fourth-order valence-electron chi connectivity index (χ4n) is 14.3. The first-order valence-electron chi connectivity index (χ1n) is 27.2. The van der Waals surface area contributed by atoms with E-state index < -0.39 is 17.6 Å². The molecule has 3 aromatic heterocycles. The van der Waals surface area contributed by atoms with Gasteiger partial charge in [-0.3, -0.25) is 24.5 Å². The van der Waals surface area contributed by atoms with Gasteiger partial charge >= 0.3 is 12.1 Å². The molecule has 18 heteroatoms. The molecule has 4 atom stereocenters. The molecule has 75 heavy (non-hydrogen) atoms. The molecule has 392 valence electrons. The van der Waals surface area contributed by atoms with Crippen molar-refractivity contribution in [3.05, 3.63) is 76.6 Å². The van der Waals surface area contributed by atoms with Crippen LogP contribution >= 0.6 is 0 Å². The number of imide groups is 1. The van der Waals surface area contributed by atoms with E-state index in [0.29, 0.717) is 116 Å². The Labute approximate surface area is 433 Å². The van der Waals surface area contributed by atoms with E-state index in [1.54, 1.807) is 12.1 Å². The minimum Gasteiger partial charge on any atom is -0.508 e. The lowest BCUT2D eigenvalue weighted by molar-refractivity contribution is -0.134. The number of ether oxygens (including phenoxy) is 3. The molecule has 3 aromatic carbocycles. The average Bonchev–Trinajstić information content (AvgIpc) is 3.99. The standard InChI is InChI=1S/C57H63F2N9O7/c1-3-38-42(58)11-7-34-24-37(69)26-41(46(34)38)50-48(59)51-47-43(60-50)12-8-35-27-73-23-5-21-67(35)52(47)63-54(62-51)75-31-57-17-4-22-68(57)36(16-20-57)28-74-55(72)66-29-56(30-66)18-14-32(15-19-56)33-6-9-39-44(25-33)65(2)64-49(39)40-10-13-45(70)61-53(40)71/h6-7,9,11,24-26,32,35-36,40,69H,3-5,8,10,12-23,27-31H2,1-2H3,(H,61,70,71)/t35-,36-,40?,57-/m0/s1. The normalized spacial score (nSPS) is 24.8. The summed E-state index contributed by atoms with van der Waals surface area (Å²) in [5.41, 5.74) is 4.19. The zero-order valence-electron chi connectivity index (χ0n) is 42.6. The molecule has 2 N–H and O–H groups in total. The number of phenols is 1. The molecular formula is C57H63F2N9O7. The van der Waals surface area contributed by atoms with Gasteiger partial charge in [-0.2, -0.15) is 15.1 Å². The highest BCUT2D eigenvalue weighted by molar-refractivity contribution is 6.04. The topological polar surface area (TPSA) is 177 Å². The van der Waals surface area contributed by atoms with Crippen molar-refractivity contribution >= 4 is 56.3 Å². The van der Waals surface area contributed by atoms with Crippen LogP contribution < -0.4 is 15.0 Å². The van der Waals surface area contributed by atoms with Gasteiger partial charge in [0.2, 0.25) is 11.8 Å². The van der Waals surface area contributed by atoms with E-state index in [-0.39, 0.29) is 70.5 Å². The lowest BCUT2D eigenvalue weighted by atomic mass is 9.65. The highest BCUT2D eigenvalue weighted by atomic mass is 19.1. The van der Waals surface area contributed by atoms with Crippen LogP contribution in [-0.2, 0) is 39.0 Å². The summed E-state index contributed by atoms with van der Waals surface area (Å²) in [6.45, 7) is 6.44. The Hall–Kier alpha value is -6.53. The number of halogens is 2. The van der Waals surface area contributed by atoms with E-state index in [0.717, 1.165) is 80.9 Å². The Morgan fingerprint density at radius 1 is 0.933 bits per heavy atom. The van der Waals surface area contributed by atoms with Crippen molar-refractivity contribution in [2.45, 2.75) is 126 Å². The second kappa shape index (κ2) is 18.6. The van der Waals surface area contributed by atoms with Gasteiger partial charge < -0.3 is 29.1 Å². The summed E-state index contributed by atoms with van der Waals surface area (Å²) in [7, 11) is 1.91. The van der Waals surface area contributed by atoms with Gasteiger partial charge in [-0.1, -0.05) is 25.1 Å². The van der Waals surface area contributed by atoms with Gasteiger partial charge in [0.1, 0.15) is 41.8 Å². The van der Waals surface area contributed by atoms with E-state index in [9.17, 15) is 19.5 Å². The average molecular weight is 1020 g/mol. The van der Waals surface area contributed by atoms with Crippen LogP contribution in [0.1, 0.15) is 118 Å². The van der Waals surface area contributed by atoms with Crippen LogP contribution in [0.5, 0.6) is 11.8 Å². The number of aryl methyl sites for hydroxylation is 3. The van der Waals surface area contributed by atoms with Gasteiger partial charge in [-0.25, -0.2) is 18.6 Å². The molecular weight excluding hydrogens is 961 g/mol. The molecule has 9 heterocycles.